The van der Waals surface area contributed by atoms with Gasteiger partial charge < -0.3 is 20.3 Å². The van der Waals surface area contributed by atoms with E-state index in [0.29, 0.717) is 26.1 Å². The monoisotopic (exact) mass is 394 g/mol. The van der Waals surface area contributed by atoms with E-state index in [2.05, 4.69) is 46.0 Å². The van der Waals surface area contributed by atoms with Gasteiger partial charge in [-0.3, -0.25) is 9.79 Å². The van der Waals surface area contributed by atoms with Crippen LogP contribution in [-0.4, -0.2) is 37.5 Å². The standard InChI is InChI=1S/C23H30N4O2/c1-17-9-10-20(21(12-17)29-3)15-26-23(24-2)25-14-18-6-4-7-19(13-18)16-27-11-5-8-22(27)28/h4,6-7,9-10,12-13H,5,8,11,14-16H2,1-3H3,(H2,24,25,26). The third-order valence-electron chi connectivity index (χ3n) is 5.11. The molecule has 1 saturated heterocycles. The third kappa shape index (κ3) is 5.73. The van der Waals surface area contributed by atoms with Crippen molar-refractivity contribution >= 4 is 11.9 Å². The highest BCUT2D eigenvalue weighted by Gasteiger charge is 2.19. The molecule has 0 aliphatic carbocycles. The SMILES string of the molecule is CN=C(NCc1cccc(CN2CCCC2=O)c1)NCc1ccc(C)cc1OC. The summed E-state index contributed by atoms with van der Waals surface area (Å²) >= 11 is 0. The molecule has 2 N–H and O–H groups in total. The minimum Gasteiger partial charge on any atom is -0.496 e. The summed E-state index contributed by atoms with van der Waals surface area (Å²) in [5.74, 6) is 1.86. The number of aryl methyl sites for hydroxylation is 1. The summed E-state index contributed by atoms with van der Waals surface area (Å²) in [6.45, 7) is 4.88. The average Bonchev–Trinajstić information content (AvgIpc) is 3.13. The molecule has 0 saturated carbocycles. The number of ether oxygens (including phenoxy) is 1. The first-order valence-electron chi connectivity index (χ1n) is 10.0. The molecular formula is C23H30N4O2. The van der Waals surface area contributed by atoms with Crippen molar-refractivity contribution in [3.8, 4) is 5.75 Å². The van der Waals surface area contributed by atoms with E-state index in [1.165, 1.54) is 5.56 Å². The lowest BCUT2D eigenvalue weighted by Gasteiger charge is -2.17. The first kappa shape index (κ1) is 20.7. The number of nitrogens with one attached hydrogen (secondary N) is 2. The Labute approximate surface area is 173 Å². The zero-order chi connectivity index (χ0) is 20.6. The first-order valence-corrected chi connectivity index (χ1v) is 10.0. The van der Waals surface area contributed by atoms with Gasteiger partial charge in [0.15, 0.2) is 5.96 Å². The maximum absolute atomic E-state index is 11.9. The Balaban J connectivity index is 1.54. The second-order valence-electron chi connectivity index (χ2n) is 7.33. The lowest BCUT2D eigenvalue weighted by atomic mass is 10.1. The van der Waals surface area contributed by atoms with E-state index >= 15 is 0 Å². The molecule has 29 heavy (non-hydrogen) atoms. The summed E-state index contributed by atoms with van der Waals surface area (Å²) in [4.78, 5) is 18.1. The molecule has 0 atom stereocenters. The van der Waals surface area contributed by atoms with E-state index in [4.69, 9.17) is 4.74 Å². The smallest absolute Gasteiger partial charge is 0.222 e. The van der Waals surface area contributed by atoms with Gasteiger partial charge in [0.25, 0.3) is 0 Å². The minimum absolute atomic E-state index is 0.254. The number of aliphatic imine (C=N–C) groups is 1. The molecule has 1 heterocycles. The summed E-state index contributed by atoms with van der Waals surface area (Å²) in [5.41, 5.74) is 4.57. The molecule has 6 nitrogen and oxygen atoms in total. The van der Waals surface area contributed by atoms with Crippen LogP contribution in [0.5, 0.6) is 5.75 Å². The fourth-order valence-electron chi connectivity index (χ4n) is 3.51. The number of hydrogen-bond acceptors (Lipinski definition) is 3. The number of methoxy groups -OCH3 is 1. The number of rotatable bonds is 7. The maximum atomic E-state index is 11.9. The van der Waals surface area contributed by atoms with E-state index in [1.54, 1.807) is 14.2 Å². The lowest BCUT2D eigenvalue weighted by molar-refractivity contribution is -0.128. The second kappa shape index (κ2) is 9.96. The molecule has 1 fully saturated rings. The zero-order valence-electron chi connectivity index (χ0n) is 17.5. The van der Waals surface area contributed by atoms with Crippen LogP contribution < -0.4 is 15.4 Å². The minimum atomic E-state index is 0.254. The quantitative estimate of drug-likeness (QED) is 0.560. The van der Waals surface area contributed by atoms with Crippen LogP contribution >= 0.6 is 0 Å². The number of carbonyl (C=O) groups is 1. The van der Waals surface area contributed by atoms with Crippen LogP contribution in [0.4, 0.5) is 0 Å². The molecule has 0 aromatic heterocycles. The molecule has 3 rings (SSSR count). The molecule has 0 bridgehead atoms. The summed E-state index contributed by atoms with van der Waals surface area (Å²) < 4.78 is 5.47. The Kier molecular flexibility index (Phi) is 7.11. The summed E-state index contributed by atoms with van der Waals surface area (Å²) in [6.07, 6.45) is 1.64. The molecule has 1 aliphatic rings. The van der Waals surface area contributed by atoms with Crippen molar-refractivity contribution in [3.05, 3.63) is 64.7 Å². The number of amides is 1. The summed E-state index contributed by atoms with van der Waals surface area (Å²) in [5, 5.41) is 6.69. The number of carbonyl (C=O) groups excluding carboxylic acids is 1. The maximum Gasteiger partial charge on any atom is 0.222 e. The van der Waals surface area contributed by atoms with Crippen molar-refractivity contribution in [1.29, 1.82) is 0 Å². The Bertz CT molecular complexity index is 879. The Hall–Kier alpha value is -3.02. The fraction of sp³-hybridized carbons (Fsp3) is 0.391. The van der Waals surface area contributed by atoms with Gasteiger partial charge >= 0.3 is 0 Å². The molecule has 0 unspecified atom stereocenters. The van der Waals surface area contributed by atoms with Gasteiger partial charge in [0.2, 0.25) is 5.91 Å². The van der Waals surface area contributed by atoms with Gasteiger partial charge in [-0.2, -0.15) is 0 Å². The first-order chi connectivity index (χ1) is 14.1. The Morgan fingerprint density at radius 1 is 1.14 bits per heavy atom. The number of hydrogen-bond donors (Lipinski definition) is 2. The number of guanidine groups is 1. The van der Waals surface area contributed by atoms with Crippen LogP contribution in [0.1, 0.15) is 35.1 Å². The van der Waals surface area contributed by atoms with E-state index < -0.39 is 0 Å². The van der Waals surface area contributed by atoms with Crippen LogP contribution in [0.15, 0.2) is 47.5 Å². The van der Waals surface area contributed by atoms with Gasteiger partial charge in [0.1, 0.15) is 5.75 Å². The molecule has 0 radical (unpaired) electrons. The highest BCUT2D eigenvalue weighted by molar-refractivity contribution is 5.79. The van der Waals surface area contributed by atoms with Crippen molar-refractivity contribution in [3.63, 3.8) is 0 Å². The largest absolute Gasteiger partial charge is 0.496 e. The van der Waals surface area contributed by atoms with Crippen molar-refractivity contribution < 1.29 is 9.53 Å². The average molecular weight is 395 g/mol. The number of benzene rings is 2. The highest BCUT2D eigenvalue weighted by atomic mass is 16.5. The molecule has 154 valence electrons. The Morgan fingerprint density at radius 3 is 2.66 bits per heavy atom. The molecular weight excluding hydrogens is 364 g/mol. The van der Waals surface area contributed by atoms with Crippen LogP contribution in [0.2, 0.25) is 0 Å². The van der Waals surface area contributed by atoms with Gasteiger partial charge in [-0.05, 0) is 36.1 Å². The predicted octanol–water partition coefficient (Wildman–Crippen LogP) is 2.99. The highest BCUT2D eigenvalue weighted by Crippen LogP contribution is 2.19. The van der Waals surface area contributed by atoms with Crippen LogP contribution in [-0.2, 0) is 24.4 Å². The van der Waals surface area contributed by atoms with Crippen molar-refractivity contribution in [1.82, 2.24) is 15.5 Å². The van der Waals surface area contributed by atoms with Crippen molar-refractivity contribution in [2.24, 2.45) is 4.99 Å². The molecule has 2 aromatic carbocycles. The van der Waals surface area contributed by atoms with Gasteiger partial charge in [0.05, 0.1) is 7.11 Å². The zero-order valence-corrected chi connectivity index (χ0v) is 17.5. The molecule has 2 aromatic rings. The number of nitrogens with zero attached hydrogens (tertiary/aromatic N) is 2. The van der Waals surface area contributed by atoms with Gasteiger partial charge in [-0.1, -0.05) is 36.4 Å². The molecule has 1 aliphatic heterocycles. The summed E-state index contributed by atoms with van der Waals surface area (Å²) in [7, 11) is 3.45. The van der Waals surface area contributed by atoms with E-state index in [0.717, 1.165) is 41.4 Å². The number of likely N-dealkylation sites (tertiary alicyclic amines) is 1. The van der Waals surface area contributed by atoms with Gasteiger partial charge in [-0.25, -0.2) is 0 Å². The normalized spacial score (nSPS) is 14.2. The second-order valence-corrected chi connectivity index (χ2v) is 7.33. The topological polar surface area (TPSA) is 66.0 Å². The van der Waals surface area contributed by atoms with E-state index in [-0.39, 0.29) is 5.91 Å². The van der Waals surface area contributed by atoms with Crippen LogP contribution in [0.25, 0.3) is 0 Å². The molecule has 0 spiro atoms. The fourth-order valence-corrected chi connectivity index (χ4v) is 3.51. The Morgan fingerprint density at radius 2 is 1.93 bits per heavy atom. The van der Waals surface area contributed by atoms with Gasteiger partial charge in [-0.15, -0.1) is 0 Å². The van der Waals surface area contributed by atoms with Crippen molar-refractivity contribution in [2.45, 2.75) is 39.4 Å². The van der Waals surface area contributed by atoms with Crippen LogP contribution in [0, 0.1) is 6.92 Å². The molecule has 1 amide bonds. The predicted molar refractivity (Wildman–Crippen MR) is 116 cm³/mol. The third-order valence-corrected chi connectivity index (χ3v) is 5.11. The lowest BCUT2D eigenvalue weighted by Crippen LogP contribution is -2.36. The van der Waals surface area contributed by atoms with Gasteiger partial charge in [0, 0.05) is 45.2 Å². The van der Waals surface area contributed by atoms with Crippen LogP contribution in [0.3, 0.4) is 0 Å². The van der Waals surface area contributed by atoms with E-state index in [9.17, 15) is 4.79 Å². The van der Waals surface area contributed by atoms with E-state index in [1.807, 2.05) is 24.0 Å². The molecule has 6 heteroatoms. The van der Waals surface area contributed by atoms with Crippen molar-refractivity contribution in [2.75, 3.05) is 20.7 Å². The summed E-state index contributed by atoms with van der Waals surface area (Å²) in [6, 6.07) is 14.5.